The standard InChI is InChI=1S/C17H26N2O2/c1-3-13(2)17(21)18-10-14-6-4-5-7-15(14)11-19-9-8-16(20)12-19/h4-7,13,16,20H,3,8-12H2,1-2H3,(H,18,21)/t13-,16+/m1/s1. The molecule has 0 spiro atoms. The molecule has 2 rings (SSSR count). The van der Waals surface area contributed by atoms with Gasteiger partial charge in [0.2, 0.25) is 5.91 Å². The average Bonchev–Trinajstić information content (AvgIpc) is 2.90. The van der Waals surface area contributed by atoms with E-state index in [1.165, 1.54) is 5.56 Å². The van der Waals surface area contributed by atoms with Crippen LogP contribution in [0.2, 0.25) is 0 Å². The minimum atomic E-state index is -0.192. The van der Waals surface area contributed by atoms with Crippen molar-refractivity contribution < 1.29 is 9.90 Å². The lowest BCUT2D eigenvalue weighted by Gasteiger charge is -2.18. The smallest absolute Gasteiger partial charge is 0.223 e. The average molecular weight is 290 g/mol. The number of amides is 1. The van der Waals surface area contributed by atoms with Crippen LogP contribution in [0.4, 0.5) is 0 Å². The van der Waals surface area contributed by atoms with Crippen LogP contribution in [0.1, 0.15) is 37.8 Å². The molecule has 0 saturated carbocycles. The van der Waals surface area contributed by atoms with Crippen molar-refractivity contribution in [2.75, 3.05) is 13.1 Å². The first-order chi connectivity index (χ1) is 10.1. The third-order valence-electron chi connectivity index (χ3n) is 4.27. The normalized spacial score (nSPS) is 20.4. The number of carbonyl (C=O) groups excluding carboxylic acids is 1. The molecule has 0 aliphatic carbocycles. The molecule has 116 valence electrons. The third kappa shape index (κ3) is 4.55. The van der Waals surface area contributed by atoms with Gasteiger partial charge in [-0.05, 0) is 24.0 Å². The highest BCUT2D eigenvalue weighted by Crippen LogP contribution is 2.16. The summed E-state index contributed by atoms with van der Waals surface area (Å²) in [6.45, 7) is 7.08. The van der Waals surface area contributed by atoms with E-state index in [4.69, 9.17) is 0 Å². The Morgan fingerprint density at radius 1 is 1.43 bits per heavy atom. The number of nitrogens with zero attached hydrogens (tertiary/aromatic N) is 1. The van der Waals surface area contributed by atoms with Crippen LogP contribution in [-0.4, -0.2) is 35.1 Å². The number of hydrogen-bond acceptors (Lipinski definition) is 3. The van der Waals surface area contributed by atoms with Crippen LogP contribution < -0.4 is 5.32 Å². The van der Waals surface area contributed by atoms with Crippen molar-refractivity contribution in [3.8, 4) is 0 Å². The molecule has 0 aromatic heterocycles. The fourth-order valence-electron chi connectivity index (χ4n) is 2.62. The van der Waals surface area contributed by atoms with E-state index in [2.05, 4.69) is 22.3 Å². The van der Waals surface area contributed by atoms with Gasteiger partial charge >= 0.3 is 0 Å². The van der Waals surface area contributed by atoms with Gasteiger partial charge in [0.25, 0.3) is 0 Å². The zero-order chi connectivity index (χ0) is 15.2. The predicted octanol–water partition coefficient (Wildman–Crippen LogP) is 1.92. The number of rotatable bonds is 6. The molecular formula is C17H26N2O2. The maximum atomic E-state index is 11.9. The summed E-state index contributed by atoms with van der Waals surface area (Å²) in [5, 5.41) is 12.6. The van der Waals surface area contributed by atoms with Crippen molar-refractivity contribution in [1.82, 2.24) is 10.2 Å². The Morgan fingerprint density at radius 2 is 2.14 bits per heavy atom. The quantitative estimate of drug-likeness (QED) is 0.841. The Hall–Kier alpha value is -1.39. The number of nitrogens with one attached hydrogen (secondary N) is 1. The fraction of sp³-hybridized carbons (Fsp3) is 0.588. The Morgan fingerprint density at radius 3 is 2.76 bits per heavy atom. The number of carbonyl (C=O) groups is 1. The van der Waals surface area contributed by atoms with Crippen LogP contribution in [0.25, 0.3) is 0 Å². The molecule has 1 aromatic rings. The summed E-state index contributed by atoms with van der Waals surface area (Å²) < 4.78 is 0. The van der Waals surface area contributed by atoms with E-state index < -0.39 is 0 Å². The van der Waals surface area contributed by atoms with Gasteiger partial charge in [-0.15, -0.1) is 0 Å². The largest absolute Gasteiger partial charge is 0.392 e. The van der Waals surface area contributed by atoms with Crippen molar-refractivity contribution in [1.29, 1.82) is 0 Å². The summed E-state index contributed by atoms with van der Waals surface area (Å²) >= 11 is 0. The second kappa shape index (κ2) is 7.57. The highest BCUT2D eigenvalue weighted by atomic mass is 16.3. The summed E-state index contributed by atoms with van der Waals surface area (Å²) in [6.07, 6.45) is 1.52. The van der Waals surface area contributed by atoms with Crippen molar-refractivity contribution >= 4 is 5.91 Å². The van der Waals surface area contributed by atoms with E-state index in [0.29, 0.717) is 6.54 Å². The number of aliphatic hydroxyl groups is 1. The lowest BCUT2D eigenvalue weighted by atomic mass is 10.1. The van der Waals surface area contributed by atoms with Gasteiger partial charge in [0.15, 0.2) is 0 Å². The predicted molar refractivity (Wildman–Crippen MR) is 83.6 cm³/mol. The molecule has 1 amide bonds. The van der Waals surface area contributed by atoms with Gasteiger partial charge in [-0.25, -0.2) is 0 Å². The summed E-state index contributed by atoms with van der Waals surface area (Å²) in [6, 6.07) is 8.21. The number of likely N-dealkylation sites (tertiary alicyclic amines) is 1. The van der Waals surface area contributed by atoms with Crippen molar-refractivity contribution in [3.63, 3.8) is 0 Å². The van der Waals surface area contributed by atoms with E-state index in [1.54, 1.807) is 0 Å². The molecule has 1 saturated heterocycles. The summed E-state index contributed by atoms with van der Waals surface area (Å²) in [4.78, 5) is 14.2. The maximum Gasteiger partial charge on any atom is 0.223 e. The molecule has 2 N–H and O–H groups in total. The fourth-order valence-corrected chi connectivity index (χ4v) is 2.62. The van der Waals surface area contributed by atoms with E-state index in [9.17, 15) is 9.90 Å². The summed E-state index contributed by atoms with van der Waals surface area (Å²) in [5.41, 5.74) is 2.39. The second-order valence-corrected chi connectivity index (χ2v) is 5.97. The Bertz CT molecular complexity index is 476. The van der Waals surface area contributed by atoms with Gasteiger partial charge < -0.3 is 10.4 Å². The van der Waals surface area contributed by atoms with Crippen LogP contribution in [0.3, 0.4) is 0 Å². The van der Waals surface area contributed by atoms with Gasteiger partial charge in [0.1, 0.15) is 0 Å². The van der Waals surface area contributed by atoms with Gasteiger partial charge in [0.05, 0.1) is 6.10 Å². The number of hydrogen-bond donors (Lipinski definition) is 2. The number of benzene rings is 1. The van der Waals surface area contributed by atoms with Crippen LogP contribution in [0.5, 0.6) is 0 Å². The molecule has 2 atom stereocenters. The van der Waals surface area contributed by atoms with Crippen LogP contribution >= 0.6 is 0 Å². The van der Waals surface area contributed by atoms with Crippen molar-refractivity contribution in [3.05, 3.63) is 35.4 Å². The van der Waals surface area contributed by atoms with Gasteiger partial charge in [-0.3, -0.25) is 9.69 Å². The minimum absolute atomic E-state index is 0.0610. The molecule has 4 nitrogen and oxygen atoms in total. The molecular weight excluding hydrogens is 264 g/mol. The van der Waals surface area contributed by atoms with Crippen LogP contribution in [-0.2, 0) is 17.9 Å². The monoisotopic (exact) mass is 290 g/mol. The van der Waals surface area contributed by atoms with Gasteiger partial charge in [-0.2, -0.15) is 0 Å². The molecule has 0 bridgehead atoms. The number of β-amino-alcohol motifs (C(OH)–C–C–N with tert-alkyl or cyclic N) is 1. The first-order valence-electron chi connectivity index (χ1n) is 7.85. The van der Waals surface area contributed by atoms with Gasteiger partial charge in [0, 0.05) is 32.1 Å². The zero-order valence-electron chi connectivity index (χ0n) is 13.0. The first-order valence-corrected chi connectivity index (χ1v) is 7.85. The molecule has 1 aliphatic heterocycles. The molecule has 1 heterocycles. The SMILES string of the molecule is CC[C@@H](C)C(=O)NCc1ccccc1CN1CC[C@H](O)C1. The number of aliphatic hydroxyl groups excluding tert-OH is 1. The van der Waals surface area contributed by atoms with E-state index in [1.807, 2.05) is 26.0 Å². The topological polar surface area (TPSA) is 52.6 Å². The molecule has 21 heavy (non-hydrogen) atoms. The van der Waals surface area contributed by atoms with Gasteiger partial charge in [-0.1, -0.05) is 38.1 Å². The lowest BCUT2D eigenvalue weighted by molar-refractivity contribution is -0.124. The van der Waals surface area contributed by atoms with E-state index in [0.717, 1.165) is 38.0 Å². The third-order valence-corrected chi connectivity index (χ3v) is 4.27. The second-order valence-electron chi connectivity index (χ2n) is 5.97. The minimum Gasteiger partial charge on any atom is -0.392 e. The molecule has 1 aromatic carbocycles. The molecule has 1 fully saturated rings. The summed E-state index contributed by atoms with van der Waals surface area (Å²) in [7, 11) is 0. The van der Waals surface area contributed by atoms with Crippen molar-refractivity contribution in [2.24, 2.45) is 5.92 Å². The van der Waals surface area contributed by atoms with Crippen LogP contribution in [0.15, 0.2) is 24.3 Å². The van der Waals surface area contributed by atoms with Crippen molar-refractivity contribution in [2.45, 2.75) is 45.9 Å². The Labute approximate surface area is 127 Å². The Kier molecular flexibility index (Phi) is 5.76. The summed E-state index contributed by atoms with van der Waals surface area (Å²) in [5.74, 6) is 0.176. The Balaban J connectivity index is 1.95. The van der Waals surface area contributed by atoms with Crippen LogP contribution in [0, 0.1) is 5.92 Å². The zero-order valence-corrected chi connectivity index (χ0v) is 13.0. The van der Waals surface area contributed by atoms with E-state index in [-0.39, 0.29) is 17.9 Å². The molecule has 0 unspecified atom stereocenters. The molecule has 4 heteroatoms. The lowest BCUT2D eigenvalue weighted by Crippen LogP contribution is -2.29. The first kappa shape index (κ1) is 16.0. The maximum absolute atomic E-state index is 11.9. The molecule has 0 radical (unpaired) electrons. The highest BCUT2D eigenvalue weighted by molar-refractivity contribution is 5.78. The highest BCUT2D eigenvalue weighted by Gasteiger charge is 2.20. The molecule has 1 aliphatic rings. The van der Waals surface area contributed by atoms with E-state index >= 15 is 0 Å².